The molecule has 0 aromatic rings. The van der Waals surface area contributed by atoms with E-state index >= 15 is 0 Å². The number of nitrogens with zero attached hydrogens (tertiary/aromatic N) is 2. The zero-order valence-electron chi connectivity index (χ0n) is 10.3. The van der Waals surface area contributed by atoms with Crippen molar-refractivity contribution >= 4 is 12.1 Å². The number of hydrazine groups is 2. The predicted octanol–water partition coefficient (Wildman–Crippen LogP) is -0.208. The summed E-state index contributed by atoms with van der Waals surface area (Å²) in [6.07, 6.45) is 2.14. The maximum atomic E-state index is 11.2. The molecule has 8 heteroatoms. The lowest BCUT2D eigenvalue weighted by Crippen LogP contribution is -2.70. The van der Waals surface area contributed by atoms with Crippen LogP contribution in [0.5, 0.6) is 0 Å². The Balaban J connectivity index is 5.39. The molecule has 0 aliphatic heterocycles. The first-order chi connectivity index (χ1) is 7.83. The molecule has 17 heavy (non-hydrogen) atoms. The molecule has 8 nitrogen and oxygen atoms in total. The minimum absolute atomic E-state index is 0.403. The second kappa shape index (κ2) is 6.26. The maximum Gasteiger partial charge on any atom is 0.331 e. The van der Waals surface area contributed by atoms with E-state index in [1.807, 2.05) is 13.8 Å². The molecule has 4 amide bonds. The van der Waals surface area contributed by atoms with E-state index < -0.39 is 17.7 Å². The fourth-order valence-corrected chi connectivity index (χ4v) is 1.93. The number of amides is 4. The number of carbonyl (C=O) groups excluding carboxylic acids is 2. The molecule has 0 aliphatic rings. The predicted molar refractivity (Wildman–Crippen MR) is 63.8 cm³/mol. The second-order valence-corrected chi connectivity index (χ2v) is 3.90. The van der Waals surface area contributed by atoms with Crippen LogP contribution in [0.25, 0.3) is 0 Å². The van der Waals surface area contributed by atoms with Gasteiger partial charge in [0.15, 0.2) is 5.66 Å². The van der Waals surface area contributed by atoms with E-state index in [0.29, 0.717) is 25.7 Å². The molecular formula is C9H22N6O2. The summed E-state index contributed by atoms with van der Waals surface area (Å²) in [5.74, 6) is 11.3. The highest BCUT2D eigenvalue weighted by atomic mass is 16.2. The van der Waals surface area contributed by atoms with E-state index in [1.54, 1.807) is 0 Å². The van der Waals surface area contributed by atoms with Gasteiger partial charge in [-0.2, -0.15) is 0 Å². The molecule has 0 heterocycles. The summed E-state index contributed by atoms with van der Waals surface area (Å²) in [7, 11) is 0. The summed E-state index contributed by atoms with van der Waals surface area (Å²) in [6, 6.07) is -1.72. The van der Waals surface area contributed by atoms with Crippen molar-refractivity contribution in [3.63, 3.8) is 0 Å². The zero-order chi connectivity index (χ0) is 13.6. The minimum Gasteiger partial charge on any atom is -0.350 e. The van der Waals surface area contributed by atoms with Crippen molar-refractivity contribution in [2.24, 2.45) is 23.2 Å². The smallest absolute Gasteiger partial charge is 0.331 e. The Bertz CT molecular complexity index is 255. The molecule has 0 saturated heterocycles. The molecule has 8 N–H and O–H groups in total. The van der Waals surface area contributed by atoms with Crippen LogP contribution < -0.4 is 23.2 Å². The SMILES string of the molecule is CCCC(CCC)(N(N)C(N)=O)N(N)C(N)=O. The summed E-state index contributed by atoms with van der Waals surface area (Å²) in [5, 5.41) is 1.57. The quantitative estimate of drug-likeness (QED) is 0.222. The number of urea groups is 2. The van der Waals surface area contributed by atoms with E-state index in [1.165, 1.54) is 0 Å². The van der Waals surface area contributed by atoms with Gasteiger partial charge in [-0.05, 0) is 12.8 Å². The molecule has 100 valence electrons. The van der Waals surface area contributed by atoms with Gasteiger partial charge in [0, 0.05) is 0 Å². The van der Waals surface area contributed by atoms with Gasteiger partial charge in [0.1, 0.15) is 0 Å². The summed E-state index contributed by atoms with van der Waals surface area (Å²) in [6.45, 7) is 3.77. The zero-order valence-corrected chi connectivity index (χ0v) is 10.3. The van der Waals surface area contributed by atoms with Crippen LogP contribution in [0.3, 0.4) is 0 Å². The maximum absolute atomic E-state index is 11.2. The van der Waals surface area contributed by atoms with E-state index in [9.17, 15) is 9.59 Å². The van der Waals surface area contributed by atoms with Crippen molar-refractivity contribution < 1.29 is 9.59 Å². The molecule has 0 aliphatic carbocycles. The van der Waals surface area contributed by atoms with Gasteiger partial charge in [-0.25, -0.2) is 31.3 Å². The van der Waals surface area contributed by atoms with Gasteiger partial charge in [0.2, 0.25) is 0 Å². The normalized spacial score (nSPS) is 11.1. The highest BCUT2D eigenvalue weighted by Gasteiger charge is 2.42. The Hall–Kier alpha value is -1.54. The lowest BCUT2D eigenvalue weighted by atomic mass is 9.97. The number of nitrogens with two attached hydrogens (primary N) is 4. The van der Waals surface area contributed by atoms with Crippen molar-refractivity contribution in [2.45, 2.75) is 45.2 Å². The summed E-state index contributed by atoms with van der Waals surface area (Å²) < 4.78 is 0. The van der Waals surface area contributed by atoms with Crippen LogP contribution in [0.1, 0.15) is 39.5 Å². The fourth-order valence-electron chi connectivity index (χ4n) is 1.93. The number of hydrogen-bond acceptors (Lipinski definition) is 4. The lowest BCUT2D eigenvalue weighted by Gasteiger charge is -2.45. The summed E-state index contributed by atoms with van der Waals surface area (Å²) >= 11 is 0. The first kappa shape index (κ1) is 15.5. The molecule has 0 rings (SSSR count). The average molecular weight is 246 g/mol. The first-order valence-corrected chi connectivity index (χ1v) is 5.52. The van der Waals surface area contributed by atoms with E-state index in [4.69, 9.17) is 23.2 Å². The third-order valence-corrected chi connectivity index (χ3v) is 2.67. The summed E-state index contributed by atoms with van der Waals surface area (Å²) in [5.41, 5.74) is 9.13. The number of carbonyl (C=O) groups is 2. The van der Waals surface area contributed by atoms with Gasteiger partial charge in [-0.1, -0.05) is 26.7 Å². The van der Waals surface area contributed by atoms with Crippen LogP contribution in [0.15, 0.2) is 0 Å². The van der Waals surface area contributed by atoms with Crippen LogP contribution >= 0.6 is 0 Å². The van der Waals surface area contributed by atoms with Crippen LogP contribution in [0.2, 0.25) is 0 Å². The number of primary amides is 2. The van der Waals surface area contributed by atoms with Crippen molar-refractivity contribution in [1.29, 1.82) is 0 Å². The topological polar surface area (TPSA) is 145 Å². The van der Waals surface area contributed by atoms with Gasteiger partial charge in [-0.15, -0.1) is 0 Å². The third kappa shape index (κ3) is 3.21. The Kier molecular flexibility index (Phi) is 5.69. The fraction of sp³-hybridized carbons (Fsp3) is 0.778. The molecule has 0 aromatic heterocycles. The standard InChI is InChI=1S/C9H22N6O2/c1-3-5-9(6-4-2,14(12)7(10)16)15(13)8(11)17/h3-6,12-13H2,1-2H3,(H2,10,16)(H2,11,17). The molecule has 0 fully saturated rings. The molecule has 0 radical (unpaired) electrons. The van der Waals surface area contributed by atoms with Crippen LogP contribution in [0, 0.1) is 0 Å². The van der Waals surface area contributed by atoms with E-state index in [0.717, 1.165) is 10.0 Å². The van der Waals surface area contributed by atoms with E-state index in [-0.39, 0.29) is 0 Å². The highest BCUT2D eigenvalue weighted by molar-refractivity contribution is 5.75. The van der Waals surface area contributed by atoms with Crippen LogP contribution in [-0.2, 0) is 0 Å². The molecule has 0 spiro atoms. The van der Waals surface area contributed by atoms with Gasteiger partial charge < -0.3 is 11.5 Å². The van der Waals surface area contributed by atoms with Gasteiger partial charge in [-0.3, -0.25) is 0 Å². The van der Waals surface area contributed by atoms with E-state index in [2.05, 4.69) is 0 Å². The monoisotopic (exact) mass is 246 g/mol. The number of rotatable bonds is 6. The second-order valence-electron chi connectivity index (χ2n) is 3.90. The largest absolute Gasteiger partial charge is 0.350 e. The van der Waals surface area contributed by atoms with Crippen molar-refractivity contribution in [3.8, 4) is 0 Å². The number of hydrogen-bond donors (Lipinski definition) is 4. The first-order valence-electron chi connectivity index (χ1n) is 5.52. The summed E-state index contributed by atoms with van der Waals surface area (Å²) in [4.78, 5) is 22.4. The minimum atomic E-state index is -1.17. The molecule has 0 aromatic carbocycles. The Labute approximate surface area is 101 Å². The van der Waals surface area contributed by atoms with Crippen LogP contribution in [-0.4, -0.2) is 27.7 Å². The molecular weight excluding hydrogens is 224 g/mol. The lowest BCUT2D eigenvalue weighted by molar-refractivity contribution is -0.0191. The molecule has 0 atom stereocenters. The van der Waals surface area contributed by atoms with Crippen LogP contribution in [0.4, 0.5) is 9.59 Å². The van der Waals surface area contributed by atoms with Crippen molar-refractivity contribution in [1.82, 2.24) is 10.0 Å². The molecule has 0 unspecified atom stereocenters. The third-order valence-electron chi connectivity index (χ3n) is 2.67. The Morgan fingerprint density at radius 3 is 1.41 bits per heavy atom. The van der Waals surface area contributed by atoms with Gasteiger partial charge in [0.05, 0.1) is 0 Å². The van der Waals surface area contributed by atoms with Gasteiger partial charge in [0.25, 0.3) is 0 Å². The molecule has 0 saturated carbocycles. The van der Waals surface area contributed by atoms with Gasteiger partial charge >= 0.3 is 12.1 Å². The highest BCUT2D eigenvalue weighted by Crippen LogP contribution is 2.27. The Morgan fingerprint density at radius 2 is 1.24 bits per heavy atom. The van der Waals surface area contributed by atoms with Crippen molar-refractivity contribution in [3.05, 3.63) is 0 Å². The van der Waals surface area contributed by atoms with Crippen molar-refractivity contribution in [2.75, 3.05) is 0 Å². The Morgan fingerprint density at radius 1 is 0.941 bits per heavy atom. The average Bonchev–Trinajstić information content (AvgIpc) is 2.26. The molecule has 0 bridgehead atoms.